The molecule has 2 aromatic carbocycles. The fraction of sp³-hybridized carbons (Fsp3) is 0.304. The summed E-state index contributed by atoms with van der Waals surface area (Å²) in [6, 6.07) is 14.6. The molecule has 0 aliphatic carbocycles. The Hall–Kier alpha value is -3.48. The Balaban J connectivity index is 1.36. The average molecular weight is 404 g/mol. The van der Waals surface area contributed by atoms with E-state index in [0.717, 1.165) is 5.56 Å². The number of para-hydroxylation sites is 1. The number of nitrogens with zero attached hydrogens (tertiary/aromatic N) is 3. The van der Waals surface area contributed by atoms with E-state index in [4.69, 9.17) is 0 Å². The van der Waals surface area contributed by atoms with E-state index in [0.29, 0.717) is 42.4 Å². The van der Waals surface area contributed by atoms with E-state index in [1.165, 1.54) is 10.9 Å². The van der Waals surface area contributed by atoms with E-state index >= 15 is 0 Å². The highest BCUT2D eigenvalue weighted by Crippen LogP contribution is 2.14. The van der Waals surface area contributed by atoms with Gasteiger partial charge in [-0.1, -0.05) is 30.3 Å². The zero-order valence-corrected chi connectivity index (χ0v) is 16.9. The molecule has 1 aliphatic heterocycles. The number of carbonyl (C=O) groups is 2. The molecule has 30 heavy (non-hydrogen) atoms. The van der Waals surface area contributed by atoms with Crippen LogP contribution >= 0.6 is 0 Å². The SMILES string of the molecule is Cc1cccc2c(=O)n(CC(=O)N3CCC(NC(=O)c4ccccc4)CC3)cnc12. The summed E-state index contributed by atoms with van der Waals surface area (Å²) in [5.74, 6) is -0.205. The summed E-state index contributed by atoms with van der Waals surface area (Å²) in [5, 5.41) is 3.56. The summed E-state index contributed by atoms with van der Waals surface area (Å²) in [5.41, 5.74) is 2.03. The number of benzene rings is 2. The molecule has 0 radical (unpaired) electrons. The van der Waals surface area contributed by atoms with Crippen molar-refractivity contribution in [1.82, 2.24) is 19.8 Å². The maximum Gasteiger partial charge on any atom is 0.261 e. The van der Waals surface area contributed by atoms with Crippen molar-refractivity contribution in [2.75, 3.05) is 13.1 Å². The summed E-state index contributed by atoms with van der Waals surface area (Å²) in [6.07, 6.45) is 2.82. The van der Waals surface area contributed by atoms with E-state index in [1.54, 1.807) is 23.1 Å². The molecule has 1 fully saturated rings. The molecule has 154 valence electrons. The van der Waals surface area contributed by atoms with Gasteiger partial charge < -0.3 is 10.2 Å². The molecule has 0 spiro atoms. The number of hydrogen-bond acceptors (Lipinski definition) is 4. The second-order valence-electron chi connectivity index (χ2n) is 7.64. The van der Waals surface area contributed by atoms with Crippen LogP contribution in [0.4, 0.5) is 0 Å². The minimum Gasteiger partial charge on any atom is -0.349 e. The molecular weight excluding hydrogens is 380 g/mol. The molecule has 1 N–H and O–H groups in total. The average Bonchev–Trinajstić information content (AvgIpc) is 2.77. The van der Waals surface area contributed by atoms with Crippen LogP contribution < -0.4 is 10.9 Å². The Kier molecular flexibility index (Phi) is 5.61. The fourth-order valence-electron chi connectivity index (χ4n) is 3.83. The van der Waals surface area contributed by atoms with Gasteiger partial charge in [0.05, 0.1) is 17.2 Å². The number of fused-ring (bicyclic) bond motifs is 1. The van der Waals surface area contributed by atoms with Crippen LogP contribution in [0.1, 0.15) is 28.8 Å². The quantitative estimate of drug-likeness (QED) is 0.722. The molecule has 7 heteroatoms. The number of aryl methyl sites for hydroxylation is 1. The lowest BCUT2D eigenvalue weighted by Crippen LogP contribution is -2.47. The van der Waals surface area contributed by atoms with Crippen molar-refractivity contribution in [3.63, 3.8) is 0 Å². The minimum atomic E-state index is -0.206. The highest BCUT2D eigenvalue weighted by molar-refractivity contribution is 5.94. The number of amides is 2. The second-order valence-corrected chi connectivity index (χ2v) is 7.64. The summed E-state index contributed by atoms with van der Waals surface area (Å²) < 4.78 is 1.37. The molecule has 3 aromatic rings. The maximum absolute atomic E-state index is 12.7. The van der Waals surface area contributed by atoms with Crippen LogP contribution in [0.3, 0.4) is 0 Å². The number of piperidine rings is 1. The van der Waals surface area contributed by atoms with Crippen LogP contribution in [0.2, 0.25) is 0 Å². The van der Waals surface area contributed by atoms with Gasteiger partial charge in [0.2, 0.25) is 5.91 Å². The second kappa shape index (κ2) is 8.49. The van der Waals surface area contributed by atoms with Crippen LogP contribution in [0.25, 0.3) is 10.9 Å². The molecule has 2 heterocycles. The van der Waals surface area contributed by atoms with Crippen LogP contribution in [-0.4, -0.2) is 45.4 Å². The predicted octanol–water partition coefficient (Wildman–Crippen LogP) is 2.13. The Labute approximate surface area is 174 Å². The Bertz CT molecular complexity index is 1130. The van der Waals surface area contributed by atoms with Gasteiger partial charge in [-0.05, 0) is 43.5 Å². The van der Waals surface area contributed by atoms with Gasteiger partial charge in [-0.3, -0.25) is 19.0 Å². The van der Waals surface area contributed by atoms with Gasteiger partial charge in [0.1, 0.15) is 6.54 Å². The van der Waals surface area contributed by atoms with Crippen molar-refractivity contribution in [2.24, 2.45) is 0 Å². The smallest absolute Gasteiger partial charge is 0.261 e. The van der Waals surface area contributed by atoms with Crippen molar-refractivity contribution < 1.29 is 9.59 Å². The first kappa shape index (κ1) is 19.8. The predicted molar refractivity (Wildman–Crippen MR) is 114 cm³/mol. The Morgan fingerprint density at radius 3 is 2.53 bits per heavy atom. The molecule has 4 rings (SSSR count). The third kappa shape index (κ3) is 4.10. The molecule has 7 nitrogen and oxygen atoms in total. The number of aromatic nitrogens is 2. The molecule has 0 saturated carbocycles. The molecular formula is C23H24N4O3. The van der Waals surface area contributed by atoms with Crippen molar-refractivity contribution >= 4 is 22.7 Å². The van der Waals surface area contributed by atoms with Crippen LogP contribution in [0.5, 0.6) is 0 Å². The molecule has 2 amide bonds. The van der Waals surface area contributed by atoms with Crippen LogP contribution in [0, 0.1) is 6.92 Å². The number of likely N-dealkylation sites (tertiary alicyclic amines) is 1. The Morgan fingerprint density at radius 1 is 1.07 bits per heavy atom. The molecule has 1 aromatic heterocycles. The Morgan fingerprint density at radius 2 is 1.80 bits per heavy atom. The van der Waals surface area contributed by atoms with Crippen molar-refractivity contribution in [3.8, 4) is 0 Å². The van der Waals surface area contributed by atoms with Gasteiger partial charge >= 0.3 is 0 Å². The van der Waals surface area contributed by atoms with Crippen molar-refractivity contribution in [1.29, 1.82) is 0 Å². The number of nitrogens with one attached hydrogen (secondary N) is 1. The van der Waals surface area contributed by atoms with E-state index in [2.05, 4.69) is 10.3 Å². The molecule has 0 atom stereocenters. The van der Waals surface area contributed by atoms with Gasteiger partial charge in [0.25, 0.3) is 11.5 Å². The summed E-state index contributed by atoms with van der Waals surface area (Å²) in [6.45, 7) is 2.97. The summed E-state index contributed by atoms with van der Waals surface area (Å²) in [7, 11) is 0. The zero-order chi connectivity index (χ0) is 21.1. The van der Waals surface area contributed by atoms with Crippen LogP contribution in [-0.2, 0) is 11.3 Å². The number of carbonyl (C=O) groups excluding carboxylic acids is 2. The third-order valence-corrected chi connectivity index (χ3v) is 5.58. The first-order valence-corrected chi connectivity index (χ1v) is 10.1. The summed E-state index contributed by atoms with van der Waals surface area (Å²) in [4.78, 5) is 43.8. The largest absolute Gasteiger partial charge is 0.349 e. The standard InChI is InChI=1S/C23H24N4O3/c1-16-6-5-9-19-21(16)24-15-27(23(19)30)14-20(28)26-12-10-18(11-13-26)25-22(29)17-7-3-2-4-8-17/h2-9,15,18H,10-14H2,1H3,(H,25,29). The van der Waals surface area contributed by atoms with E-state index in [9.17, 15) is 14.4 Å². The fourth-order valence-corrected chi connectivity index (χ4v) is 3.83. The lowest BCUT2D eigenvalue weighted by atomic mass is 10.0. The first-order chi connectivity index (χ1) is 14.5. The first-order valence-electron chi connectivity index (χ1n) is 10.1. The van der Waals surface area contributed by atoms with Gasteiger partial charge in [0.15, 0.2) is 0 Å². The molecule has 1 saturated heterocycles. The van der Waals surface area contributed by atoms with Crippen LogP contribution in [0.15, 0.2) is 59.7 Å². The lowest BCUT2D eigenvalue weighted by molar-refractivity contribution is -0.133. The van der Waals surface area contributed by atoms with E-state index in [-0.39, 0.29) is 30.0 Å². The van der Waals surface area contributed by atoms with E-state index < -0.39 is 0 Å². The lowest BCUT2D eigenvalue weighted by Gasteiger charge is -2.32. The maximum atomic E-state index is 12.7. The van der Waals surface area contributed by atoms with Gasteiger partial charge in [0, 0.05) is 24.7 Å². The topological polar surface area (TPSA) is 84.3 Å². The zero-order valence-electron chi connectivity index (χ0n) is 16.9. The monoisotopic (exact) mass is 404 g/mol. The van der Waals surface area contributed by atoms with Gasteiger partial charge in [-0.2, -0.15) is 0 Å². The number of hydrogen-bond donors (Lipinski definition) is 1. The molecule has 0 unspecified atom stereocenters. The van der Waals surface area contributed by atoms with Gasteiger partial charge in [-0.15, -0.1) is 0 Å². The minimum absolute atomic E-state index is 0.0310. The molecule has 0 bridgehead atoms. The van der Waals surface area contributed by atoms with E-state index in [1.807, 2.05) is 37.3 Å². The normalized spacial score (nSPS) is 14.6. The van der Waals surface area contributed by atoms with Crippen molar-refractivity contribution in [2.45, 2.75) is 32.4 Å². The third-order valence-electron chi connectivity index (χ3n) is 5.58. The van der Waals surface area contributed by atoms with Gasteiger partial charge in [-0.25, -0.2) is 4.98 Å². The highest BCUT2D eigenvalue weighted by Gasteiger charge is 2.24. The highest BCUT2D eigenvalue weighted by atomic mass is 16.2. The number of rotatable bonds is 4. The molecule has 1 aliphatic rings. The van der Waals surface area contributed by atoms with Crippen molar-refractivity contribution in [3.05, 3.63) is 76.3 Å². The summed E-state index contributed by atoms with van der Waals surface area (Å²) >= 11 is 0.